The number of rotatable bonds is 1. The molecule has 8 heavy (non-hydrogen) atoms. The second-order valence-electron chi connectivity index (χ2n) is 1.85. The van der Waals surface area contributed by atoms with Gasteiger partial charge in [-0.1, -0.05) is 0 Å². The van der Waals surface area contributed by atoms with Crippen LogP contribution in [0.4, 0.5) is 0 Å². The zero-order valence-corrected chi connectivity index (χ0v) is 5.83. The molecule has 0 amide bonds. The highest BCUT2D eigenvalue weighted by Crippen LogP contribution is 2.00. The quantitative estimate of drug-likeness (QED) is 0.566. The van der Waals surface area contributed by atoms with Crippen molar-refractivity contribution in [2.24, 2.45) is 0 Å². The summed E-state index contributed by atoms with van der Waals surface area (Å²) in [5, 5.41) is 3.14. The van der Waals surface area contributed by atoms with Crippen molar-refractivity contribution in [1.29, 1.82) is 0 Å². The Morgan fingerprint density at radius 1 is 1.62 bits per heavy atom. The van der Waals surface area contributed by atoms with E-state index in [0.717, 1.165) is 13.2 Å². The second-order valence-corrected chi connectivity index (χ2v) is 1.85. The summed E-state index contributed by atoms with van der Waals surface area (Å²) >= 11 is 0. The summed E-state index contributed by atoms with van der Waals surface area (Å²) in [5.41, 5.74) is 0. The third-order valence-corrected chi connectivity index (χ3v) is 1.34. The molecule has 0 saturated carbocycles. The lowest BCUT2D eigenvalue weighted by Crippen LogP contribution is -2.24. The first-order valence-electron chi connectivity index (χ1n) is 2.68. The summed E-state index contributed by atoms with van der Waals surface area (Å²) in [6.45, 7) is 1.84. The zero-order chi connectivity index (χ0) is 5.11. The smallest absolute Gasteiger partial charge is 0.0620 e. The highest BCUT2D eigenvalue weighted by molar-refractivity contribution is 5.85. The van der Waals surface area contributed by atoms with Gasteiger partial charge in [-0.25, -0.2) is 0 Å². The van der Waals surface area contributed by atoms with Crippen LogP contribution < -0.4 is 5.32 Å². The monoisotopic (exact) mass is 137 g/mol. The van der Waals surface area contributed by atoms with E-state index in [1.165, 1.54) is 6.42 Å². The van der Waals surface area contributed by atoms with Crippen LogP contribution in [0.15, 0.2) is 0 Å². The van der Waals surface area contributed by atoms with E-state index in [1.54, 1.807) is 0 Å². The molecule has 1 heterocycles. The first kappa shape index (κ1) is 8.21. The third-order valence-electron chi connectivity index (χ3n) is 1.34. The lowest BCUT2D eigenvalue weighted by molar-refractivity contribution is 0.191. The van der Waals surface area contributed by atoms with Crippen LogP contribution in [0.3, 0.4) is 0 Å². The molecule has 0 aromatic carbocycles. The molecule has 0 aromatic heterocycles. The fraction of sp³-hybridized carbons (Fsp3) is 1.00. The van der Waals surface area contributed by atoms with Gasteiger partial charge in [0.2, 0.25) is 0 Å². The predicted octanol–water partition coefficient (Wildman–Crippen LogP) is 0.416. The van der Waals surface area contributed by atoms with E-state index in [1.807, 2.05) is 7.05 Å². The fourth-order valence-corrected chi connectivity index (χ4v) is 0.762. The van der Waals surface area contributed by atoms with Gasteiger partial charge >= 0.3 is 0 Å². The summed E-state index contributed by atoms with van der Waals surface area (Å²) in [6, 6.07) is 0.625. The average Bonchev–Trinajstić information content (AvgIpc) is 2.14. The van der Waals surface area contributed by atoms with Crippen molar-refractivity contribution in [2.75, 3.05) is 20.3 Å². The van der Waals surface area contributed by atoms with Crippen LogP contribution in [0.1, 0.15) is 6.42 Å². The molecule has 1 fully saturated rings. The van der Waals surface area contributed by atoms with Crippen molar-refractivity contribution in [3.05, 3.63) is 0 Å². The normalized spacial score (nSPS) is 27.4. The molecule has 2 nitrogen and oxygen atoms in total. The van der Waals surface area contributed by atoms with E-state index in [4.69, 9.17) is 4.74 Å². The van der Waals surface area contributed by atoms with Crippen LogP contribution in [0.25, 0.3) is 0 Å². The van der Waals surface area contributed by atoms with Gasteiger partial charge in [-0.3, -0.25) is 0 Å². The van der Waals surface area contributed by atoms with E-state index >= 15 is 0 Å². The van der Waals surface area contributed by atoms with E-state index in [-0.39, 0.29) is 12.4 Å². The fourth-order valence-electron chi connectivity index (χ4n) is 0.762. The van der Waals surface area contributed by atoms with Crippen LogP contribution >= 0.6 is 12.4 Å². The van der Waals surface area contributed by atoms with Crippen LogP contribution in [0.2, 0.25) is 0 Å². The highest BCUT2D eigenvalue weighted by atomic mass is 35.5. The van der Waals surface area contributed by atoms with Crippen LogP contribution in [0.5, 0.6) is 0 Å². The molecule has 0 aromatic rings. The molecule has 1 rings (SSSR count). The van der Waals surface area contributed by atoms with Gasteiger partial charge in [-0.2, -0.15) is 0 Å². The maximum atomic E-state index is 5.09. The molecule has 0 bridgehead atoms. The molecule has 1 N–H and O–H groups in total. The Morgan fingerprint density at radius 3 is 2.62 bits per heavy atom. The Labute approximate surface area is 56.0 Å². The van der Waals surface area contributed by atoms with Crippen LogP contribution in [-0.2, 0) is 4.74 Å². The molecular weight excluding hydrogens is 126 g/mol. The first-order valence-corrected chi connectivity index (χ1v) is 2.68. The number of halogens is 1. The summed E-state index contributed by atoms with van der Waals surface area (Å²) < 4.78 is 5.09. The standard InChI is InChI=1S/C5H11NO.ClH/c1-6-5-2-3-7-4-5;/h5-6H,2-4H2,1H3;1H/t5-;/m1./s1. The molecule has 1 saturated heterocycles. The van der Waals surface area contributed by atoms with Gasteiger partial charge in [0.05, 0.1) is 6.61 Å². The molecule has 0 aliphatic carbocycles. The summed E-state index contributed by atoms with van der Waals surface area (Å²) in [5.74, 6) is 0. The summed E-state index contributed by atoms with van der Waals surface area (Å²) in [4.78, 5) is 0. The minimum atomic E-state index is 0. The van der Waals surface area contributed by atoms with Gasteiger partial charge in [0, 0.05) is 12.6 Å². The molecule has 0 spiro atoms. The topological polar surface area (TPSA) is 21.3 Å². The number of hydrogen-bond acceptors (Lipinski definition) is 2. The molecular formula is C5H12ClNO. The number of ether oxygens (including phenoxy) is 1. The Morgan fingerprint density at radius 2 is 2.38 bits per heavy atom. The van der Waals surface area contributed by atoms with Crippen molar-refractivity contribution < 1.29 is 4.74 Å². The van der Waals surface area contributed by atoms with E-state index in [2.05, 4.69) is 5.32 Å². The van der Waals surface area contributed by atoms with E-state index < -0.39 is 0 Å². The molecule has 3 heteroatoms. The Bertz CT molecular complexity index is 54.4. The van der Waals surface area contributed by atoms with Crippen LogP contribution in [-0.4, -0.2) is 26.3 Å². The third kappa shape index (κ3) is 1.99. The van der Waals surface area contributed by atoms with Gasteiger partial charge in [0.1, 0.15) is 0 Å². The van der Waals surface area contributed by atoms with Crippen LogP contribution in [0, 0.1) is 0 Å². The second kappa shape index (κ2) is 4.13. The van der Waals surface area contributed by atoms with Crippen molar-refractivity contribution in [3.8, 4) is 0 Å². The van der Waals surface area contributed by atoms with Gasteiger partial charge in [0.25, 0.3) is 0 Å². The summed E-state index contributed by atoms with van der Waals surface area (Å²) in [6.07, 6.45) is 1.18. The molecule has 1 aliphatic heterocycles. The van der Waals surface area contributed by atoms with Gasteiger partial charge < -0.3 is 10.1 Å². The van der Waals surface area contributed by atoms with Gasteiger partial charge in [0.15, 0.2) is 0 Å². The molecule has 1 atom stereocenters. The first-order chi connectivity index (χ1) is 3.43. The van der Waals surface area contributed by atoms with Gasteiger partial charge in [-0.05, 0) is 13.5 Å². The minimum Gasteiger partial charge on any atom is -0.380 e. The van der Waals surface area contributed by atoms with Crippen molar-refractivity contribution in [2.45, 2.75) is 12.5 Å². The Balaban J connectivity index is 0.000000490. The van der Waals surface area contributed by atoms with E-state index in [9.17, 15) is 0 Å². The van der Waals surface area contributed by atoms with Gasteiger partial charge in [-0.15, -0.1) is 12.4 Å². The lowest BCUT2D eigenvalue weighted by Gasteiger charge is -2.01. The molecule has 50 valence electrons. The highest BCUT2D eigenvalue weighted by Gasteiger charge is 2.11. The van der Waals surface area contributed by atoms with E-state index in [0.29, 0.717) is 6.04 Å². The number of nitrogens with one attached hydrogen (secondary N) is 1. The zero-order valence-electron chi connectivity index (χ0n) is 5.02. The SMILES string of the molecule is CN[C@@H]1CCOC1.Cl. The average molecular weight is 138 g/mol. The number of likely N-dealkylation sites (N-methyl/N-ethyl adjacent to an activating group) is 1. The van der Waals surface area contributed by atoms with Crippen molar-refractivity contribution in [3.63, 3.8) is 0 Å². The maximum Gasteiger partial charge on any atom is 0.0620 e. The maximum absolute atomic E-state index is 5.09. The minimum absolute atomic E-state index is 0. The Kier molecular flexibility index (Phi) is 4.23. The Hall–Kier alpha value is 0.210. The molecule has 0 unspecified atom stereocenters. The summed E-state index contributed by atoms with van der Waals surface area (Å²) in [7, 11) is 1.97. The largest absolute Gasteiger partial charge is 0.380 e. The van der Waals surface area contributed by atoms with Crippen molar-refractivity contribution >= 4 is 12.4 Å². The van der Waals surface area contributed by atoms with Crippen molar-refractivity contribution in [1.82, 2.24) is 5.32 Å². The molecule has 0 radical (unpaired) electrons. The predicted molar refractivity (Wildman–Crippen MR) is 35.5 cm³/mol. The lowest BCUT2D eigenvalue weighted by atomic mass is 10.3. The molecule has 1 aliphatic rings. The number of hydrogen-bond donors (Lipinski definition) is 1.